The maximum absolute atomic E-state index is 12.5. The Morgan fingerprint density at radius 3 is 2.23 bits per heavy atom. The minimum absolute atomic E-state index is 0.214. The van der Waals surface area contributed by atoms with E-state index < -0.39 is 36.1 Å². The van der Waals surface area contributed by atoms with Crippen LogP contribution in [0.2, 0.25) is 0 Å². The molecular formula is C18H21NO9S3. The second kappa shape index (κ2) is 8.56. The van der Waals surface area contributed by atoms with Crippen LogP contribution in [0, 0.1) is 0 Å². The fraction of sp³-hybridized carbons (Fsp3) is 0.389. The topological polar surface area (TPSA) is 147 Å². The van der Waals surface area contributed by atoms with E-state index in [4.69, 9.17) is 0 Å². The Bertz CT molecular complexity index is 1380. The molecule has 0 atom stereocenters. The lowest BCUT2D eigenvalue weighted by Crippen LogP contribution is -2.10. The predicted molar refractivity (Wildman–Crippen MR) is 111 cm³/mol. The van der Waals surface area contributed by atoms with Gasteiger partial charge in [-0.3, -0.25) is 8.37 Å². The fourth-order valence-corrected chi connectivity index (χ4v) is 5.76. The monoisotopic (exact) mass is 491 g/mol. The quantitative estimate of drug-likeness (QED) is 0.218. The Balaban J connectivity index is 2.08. The molecule has 0 fully saturated rings. The number of benzene rings is 2. The van der Waals surface area contributed by atoms with Gasteiger partial charge >= 0.3 is 0 Å². The molecule has 1 aliphatic rings. The third-order valence-electron chi connectivity index (χ3n) is 5.02. The molecule has 0 N–H and O–H groups in total. The highest BCUT2D eigenvalue weighted by Crippen LogP contribution is 2.37. The third kappa shape index (κ3) is 4.96. The van der Waals surface area contributed by atoms with Gasteiger partial charge in [0.1, 0.15) is 17.7 Å². The van der Waals surface area contributed by atoms with E-state index in [1.165, 1.54) is 6.07 Å². The molecule has 3 rings (SSSR count). The van der Waals surface area contributed by atoms with E-state index in [2.05, 4.69) is 8.37 Å². The summed E-state index contributed by atoms with van der Waals surface area (Å²) in [4.78, 5) is -0.601. The molecule has 2 aromatic rings. The molecule has 0 bridgehead atoms. The zero-order valence-electron chi connectivity index (χ0n) is 16.8. The van der Waals surface area contributed by atoms with Crippen molar-refractivity contribution in [2.75, 3.05) is 26.5 Å². The Kier molecular flexibility index (Phi) is 6.56. The second-order valence-corrected chi connectivity index (χ2v) is 11.8. The molecule has 10 nitrogen and oxygen atoms in total. The van der Waals surface area contributed by atoms with Crippen LogP contribution in [0.1, 0.15) is 18.4 Å². The van der Waals surface area contributed by atoms with Gasteiger partial charge in [-0.15, -0.1) is 0 Å². The second-order valence-electron chi connectivity index (χ2n) is 6.87. The minimum atomic E-state index is -4.27. The third-order valence-corrected chi connectivity index (χ3v) is 8.38. The molecule has 0 saturated heterocycles. The molecule has 1 aliphatic heterocycles. The molecule has 2 aromatic carbocycles. The summed E-state index contributed by atoms with van der Waals surface area (Å²) in [6, 6.07) is 5.65. The largest absolute Gasteiger partial charge is 0.748 e. The standard InChI is InChI=1S/C18H21NO9S3/c1-27-30(23,24)13-11-16-14-7-9-19(8-3-4-10-29(20,21)22)17(14)6-5-15(16)18(12-13)31(25,26)28-2/h5-6,9,11-12H,3-4,7-8,10H2,1-2H3. The first kappa shape index (κ1) is 23.8. The molecule has 1 heterocycles. The maximum Gasteiger partial charge on any atom is 0.297 e. The molecule has 13 heteroatoms. The Morgan fingerprint density at radius 2 is 1.61 bits per heavy atom. The van der Waals surface area contributed by atoms with Gasteiger partial charge in [-0.05, 0) is 30.0 Å². The van der Waals surface area contributed by atoms with Gasteiger partial charge in [0.05, 0.1) is 35.7 Å². The molecule has 0 unspecified atom stereocenters. The molecule has 0 aromatic heterocycles. The smallest absolute Gasteiger partial charge is 0.297 e. The average Bonchev–Trinajstić information content (AvgIpc) is 3.13. The number of hydrogen-bond donors (Lipinski definition) is 0. The van der Waals surface area contributed by atoms with Gasteiger partial charge in [-0.25, -0.2) is 13.0 Å². The summed E-state index contributed by atoms with van der Waals surface area (Å²) in [6.45, 7) is 0.452. The summed E-state index contributed by atoms with van der Waals surface area (Å²) in [6.07, 6.45) is 2.93. The lowest BCUT2D eigenvalue weighted by molar-refractivity contribution is -0.433. The van der Waals surface area contributed by atoms with E-state index in [1.807, 2.05) is 10.8 Å². The Hall–Kier alpha value is -1.90. The Morgan fingerprint density at radius 1 is 0.935 bits per heavy atom. The fourth-order valence-electron chi connectivity index (χ4n) is 3.52. The SMILES string of the molecule is COS(=O)(=O)c1cc(S(=O)(=O)OC)c2ccc3c(c2c1)CC=[N+]3CCCCS(=O)(=O)[O-]. The van der Waals surface area contributed by atoms with E-state index in [9.17, 15) is 29.8 Å². The highest BCUT2D eigenvalue weighted by Gasteiger charge is 2.29. The van der Waals surface area contributed by atoms with Gasteiger partial charge in [0.25, 0.3) is 20.2 Å². The van der Waals surface area contributed by atoms with E-state index in [0.717, 1.165) is 31.5 Å². The summed E-state index contributed by atoms with van der Waals surface area (Å²) in [5.74, 6) is -0.443. The molecule has 0 aliphatic carbocycles. The van der Waals surface area contributed by atoms with Crippen molar-refractivity contribution in [1.29, 1.82) is 0 Å². The molecule has 31 heavy (non-hydrogen) atoms. The summed E-state index contributed by atoms with van der Waals surface area (Å²) in [7, 11) is -10.7. The summed E-state index contributed by atoms with van der Waals surface area (Å²) in [5.41, 5.74) is 1.46. The van der Waals surface area contributed by atoms with Crippen LogP contribution < -0.4 is 0 Å². The highest BCUT2D eigenvalue weighted by molar-refractivity contribution is 7.87. The van der Waals surface area contributed by atoms with E-state index >= 15 is 0 Å². The van der Waals surface area contributed by atoms with Crippen LogP contribution in [0.5, 0.6) is 0 Å². The van der Waals surface area contributed by atoms with Crippen LogP contribution in [0.25, 0.3) is 10.8 Å². The van der Waals surface area contributed by atoms with Gasteiger partial charge in [0, 0.05) is 29.2 Å². The molecule has 0 amide bonds. The zero-order valence-corrected chi connectivity index (χ0v) is 19.2. The number of hydrogen-bond acceptors (Lipinski definition) is 9. The van der Waals surface area contributed by atoms with Gasteiger partial charge < -0.3 is 4.55 Å². The van der Waals surface area contributed by atoms with Crippen molar-refractivity contribution in [2.45, 2.75) is 29.1 Å². The summed E-state index contributed by atoms with van der Waals surface area (Å²) in [5, 5.41) is 0.732. The predicted octanol–water partition coefficient (Wildman–Crippen LogP) is 1.11. The van der Waals surface area contributed by atoms with Crippen LogP contribution in [-0.4, -0.2) is 67.1 Å². The van der Waals surface area contributed by atoms with E-state index in [1.54, 1.807) is 12.1 Å². The van der Waals surface area contributed by atoms with Crippen LogP contribution in [0.4, 0.5) is 5.69 Å². The lowest BCUT2D eigenvalue weighted by Gasteiger charge is -2.12. The first-order chi connectivity index (χ1) is 14.4. The van der Waals surface area contributed by atoms with E-state index in [-0.39, 0.29) is 16.2 Å². The summed E-state index contributed by atoms with van der Waals surface area (Å²) >= 11 is 0. The number of rotatable bonds is 9. The van der Waals surface area contributed by atoms with Gasteiger partial charge in [0.15, 0.2) is 0 Å². The molecule has 170 valence electrons. The zero-order chi connectivity index (χ0) is 23.0. The van der Waals surface area contributed by atoms with Crippen LogP contribution in [0.15, 0.2) is 34.1 Å². The molecule has 0 saturated carbocycles. The normalized spacial score (nSPS) is 14.6. The minimum Gasteiger partial charge on any atom is -0.748 e. The Labute approximate surface area is 181 Å². The first-order valence-electron chi connectivity index (χ1n) is 9.14. The van der Waals surface area contributed by atoms with Gasteiger partial charge in [0.2, 0.25) is 5.69 Å². The summed E-state index contributed by atoms with van der Waals surface area (Å²) < 4.78 is 92.8. The van der Waals surface area contributed by atoms with Gasteiger partial charge in [-0.1, -0.05) is 0 Å². The van der Waals surface area contributed by atoms with Crippen molar-refractivity contribution in [2.24, 2.45) is 0 Å². The van der Waals surface area contributed by atoms with Crippen molar-refractivity contribution in [3.05, 3.63) is 29.8 Å². The number of fused-ring (bicyclic) bond motifs is 3. The molecule has 0 spiro atoms. The lowest BCUT2D eigenvalue weighted by atomic mass is 10.0. The highest BCUT2D eigenvalue weighted by atomic mass is 32.2. The molecular weight excluding hydrogens is 470 g/mol. The van der Waals surface area contributed by atoms with E-state index in [0.29, 0.717) is 30.2 Å². The van der Waals surface area contributed by atoms with Crippen LogP contribution in [0.3, 0.4) is 0 Å². The van der Waals surface area contributed by atoms with Crippen molar-refractivity contribution < 1.29 is 42.7 Å². The first-order valence-corrected chi connectivity index (χ1v) is 13.5. The van der Waals surface area contributed by atoms with Crippen molar-refractivity contribution in [1.82, 2.24) is 0 Å². The maximum atomic E-state index is 12.5. The van der Waals surface area contributed by atoms with Crippen molar-refractivity contribution in [3.8, 4) is 0 Å². The number of nitrogens with zero attached hydrogens (tertiary/aromatic N) is 1. The number of unbranched alkanes of at least 4 members (excludes halogenated alkanes) is 1. The molecule has 0 radical (unpaired) electrons. The van der Waals surface area contributed by atoms with Gasteiger partial charge in [-0.2, -0.15) is 16.8 Å². The van der Waals surface area contributed by atoms with Crippen LogP contribution >= 0.6 is 0 Å². The van der Waals surface area contributed by atoms with Crippen LogP contribution in [-0.2, 0) is 45.1 Å². The van der Waals surface area contributed by atoms with Crippen molar-refractivity contribution in [3.63, 3.8) is 0 Å². The average molecular weight is 492 g/mol. The van der Waals surface area contributed by atoms with Crippen molar-refractivity contribution >= 4 is 53.0 Å².